The Morgan fingerprint density at radius 3 is 2.27 bits per heavy atom. The number of carbonyl (C=O) groups excluding carboxylic acids is 1. The van der Waals surface area contributed by atoms with Crippen LogP contribution in [0.25, 0.3) is 0 Å². The third kappa shape index (κ3) is 6.67. The number of ether oxygens (including phenoxy) is 1. The van der Waals surface area contributed by atoms with Gasteiger partial charge in [-0.05, 0) is 42.9 Å². The van der Waals surface area contributed by atoms with Crippen molar-refractivity contribution in [1.29, 1.82) is 0 Å². The van der Waals surface area contributed by atoms with Gasteiger partial charge in [0.2, 0.25) is 5.91 Å². The minimum absolute atomic E-state index is 0. The summed E-state index contributed by atoms with van der Waals surface area (Å²) in [4.78, 5) is 12.0. The summed E-state index contributed by atoms with van der Waals surface area (Å²) < 4.78 is 5.13. The zero-order valence-corrected chi connectivity index (χ0v) is 15.0. The quantitative estimate of drug-likeness (QED) is 0.844. The number of rotatable bonds is 6. The lowest BCUT2D eigenvalue weighted by Crippen LogP contribution is -2.50. The Balaban J connectivity index is 0.00000441. The van der Waals surface area contributed by atoms with E-state index < -0.39 is 6.04 Å². The van der Waals surface area contributed by atoms with E-state index in [9.17, 15) is 4.79 Å². The molecule has 0 aliphatic rings. The van der Waals surface area contributed by atoms with Crippen molar-refractivity contribution in [3.63, 3.8) is 0 Å². The van der Waals surface area contributed by atoms with Crippen LogP contribution in [-0.2, 0) is 11.2 Å². The van der Waals surface area contributed by atoms with E-state index in [1.807, 2.05) is 52.0 Å². The van der Waals surface area contributed by atoms with Crippen LogP contribution >= 0.6 is 12.4 Å². The second kappa shape index (κ2) is 9.01. The first-order valence-electron chi connectivity index (χ1n) is 7.43. The number of hydrogen-bond acceptors (Lipinski definition) is 3. The number of halogens is 1. The van der Waals surface area contributed by atoms with Gasteiger partial charge in [-0.3, -0.25) is 4.79 Å². The number of amides is 1. The zero-order valence-electron chi connectivity index (χ0n) is 14.2. The summed E-state index contributed by atoms with van der Waals surface area (Å²) in [5.74, 6) is 0.779. The summed E-state index contributed by atoms with van der Waals surface area (Å²) in [6, 6.07) is 7.62. The van der Waals surface area contributed by atoms with Crippen LogP contribution in [0.4, 0.5) is 0 Å². The molecule has 2 atom stereocenters. The Morgan fingerprint density at radius 1 is 1.27 bits per heavy atom. The largest absolute Gasteiger partial charge is 0.497 e. The molecular weight excluding hydrogens is 300 g/mol. The third-order valence-electron chi connectivity index (χ3n) is 3.63. The molecule has 0 saturated carbocycles. The lowest BCUT2D eigenvalue weighted by Gasteiger charge is -2.27. The summed E-state index contributed by atoms with van der Waals surface area (Å²) in [7, 11) is 1.66. The molecule has 0 aliphatic heterocycles. The molecule has 1 aromatic carbocycles. The van der Waals surface area contributed by atoms with E-state index in [1.165, 1.54) is 5.56 Å². The van der Waals surface area contributed by atoms with Gasteiger partial charge in [0.05, 0.1) is 13.2 Å². The molecule has 3 N–H and O–H groups in total. The molecule has 126 valence electrons. The van der Waals surface area contributed by atoms with Gasteiger partial charge in [-0.1, -0.05) is 32.9 Å². The molecule has 0 aromatic heterocycles. The number of nitrogens with two attached hydrogens (primary N) is 1. The number of nitrogens with one attached hydrogen (secondary N) is 1. The Hall–Kier alpha value is -1.26. The van der Waals surface area contributed by atoms with Crippen molar-refractivity contribution in [3.05, 3.63) is 29.8 Å². The fraction of sp³-hybridized carbons (Fsp3) is 0.588. The molecule has 1 rings (SSSR count). The Labute approximate surface area is 140 Å². The number of carbonyl (C=O) groups is 1. The molecule has 1 unspecified atom stereocenters. The normalized spacial score (nSPS) is 13.7. The van der Waals surface area contributed by atoms with Crippen molar-refractivity contribution in [2.75, 3.05) is 7.11 Å². The van der Waals surface area contributed by atoms with Gasteiger partial charge in [-0.15, -0.1) is 12.4 Å². The van der Waals surface area contributed by atoms with Crippen molar-refractivity contribution in [3.8, 4) is 5.75 Å². The highest BCUT2D eigenvalue weighted by atomic mass is 35.5. The maximum absolute atomic E-state index is 12.0. The van der Waals surface area contributed by atoms with E-state index in [4.69, 9.17) is 10.5 Å². The summed E-state index contributed by atoms with van der Waals surface area (Å²) >= 11 is 0. The summed E-state index contributed by atoms with van der Waals surface area (Å²) in [6.07, 6.45) is 1.80. The molecular formula is C17H29ClN2O2. The van der Waals surface area contributed by atoms with Gasteiger partial charge in [0.25, 0.3) is 0 Å². The lowest BCUT2D eigenvalue weighted by molar-refractivity contribution is -0.125. The monoisotopic (exact) mass is 328 g/mol. The maximum Gasteiger partial charge on any atom is 0.237 e. The van der Waals surface area contributed by atoms with Crippen molar-refractivity contribution >= 4 is 18.3 Å². The minimum Gasteiger partial charge on any atom is -0.497 e. The van der Waals surface area contributed by atoms with Crippen LogP contribution in [0.15, 0.2) is 24.3 Å². The third-order valence-corrected chi connectivity index (χ3v) is 3.63. The summed E-state index contributed by atoms with van der Waals surface area (Å²) in [6.45, 7) is 7.93. The highest BCUT2D eigenvalue weighted by molar-refractivity contribution is 5.85. The van der Waals surface area contributed by atoms with Gasteiger partial charge >= 0.3 is 0 Å². The number of aryl methyl sites for hydroxylation is 1. The second-order valence-corrected chi connectivity index (χ2v) is 6.64. The maximum atomic E-state index is 12.0. The molecule has 0 spiro atoms. The van der Waals surface area contributed by atoms with E-state index in [0.717, 1.165) is 18.6 Å². The fourth-order valence-corrected chi connectivity index (χ4v) is 1.97. The van der Waals surface area contributed by atoms with Gasteiger partial charge in [0.15, 0.2) is 0 Å². The number of methoxy groups -OCH3 is 1. The molecule has 0 saturated heterocycles. The predicted molar refractivity (Wildman–Crippen MR) is 93.6 cm³/mol. The zero-order chi connectivity index (χ0) is 16.0. The molecule has 0 fully saturated rings. The van der Waals surface area contributed by atoms with Gasteiger partial charge in [-0.25, -0.2) is 0 Å². The van der Waals surface area contributed by atoms with E-state index >= 15 is 0 Å². The van der Waals surface area contributed by atoms with Crippen LogP contribution in [0, 0.1) is 5.41 Å². The van der Waals surface area contributed by atoms with Crippen molar-refractivity contribution in [1.82, 2.24) is 5.32 Å². The van der Waals surface area contributed by atoms with Crippen molar-refractivity contribution in [2.24, 2.45) is 11.1 Å². The molecule has 0 aliphatic carbocycles. The Kier molecular flexibility index (Phi) is 8.49. The molecule has 22 heavy (non-hydrogen) atoms. The van der Waals surface area contributed by atoms with E-state index in [0.29, 0.717) is 0 Å². The first-order chi connectivity index (χ1) is 9.74. The van der Waals surface area contributed by atoms with Gasteiger partial charge in [0, 0.05) is 6.04 Å². The van der Waals surface area contributed by atoms with Gasteiger partial charge < -0.3 is 15.8 Å². The topological polar surface area (TPSA) is 64.3 Å². The molecule has 4 nitrogen and oxygen atoms in total. The fourth-order valence-electron chi connectivity index (χ4n) is 1.97. The predicted octanol–water partition coefficient (Wildman–Crippen LogP) is 2.93. The van der Waals surface area contributed by atoms with E-state index in [-0.39, 0.29) is 29.8 Å². The highest BCUT2D eigenvalue weighted by Gasteiger charge is 2.27. The van der Waals surface area contributed by atoms with Crippen LogP contribution < -0.4 is 15.8 Å². The van der Waals surface area contributed by atoms with E-state index in [1.54, 1.807) is 7.11 Å². The van der Waals surface area contributed by atoms with Gasteiger partial charge in [-0.2, -0.15) is 0 Å². The molecule has 0 bridgehead atoms. The van der Waals surface area contributed by atoms with Crippen LogP contribution in [0.5, 0.6) is 5.75 Å². The summed E-state index contributed by atoms with van der Waals surface area (Å²) in [5.41, 5.74) is 6.97. The van der Waals surface area contributed by atoms with Crippen LogP contribution in [0.3, 0.4) is 0 Å². The second-order valence-electron chi connectivity index (χ2n) is 6.64. The SMILES string of the molecule is COc1ccc(CCC(C)NC(=O)[C@@H](N)C(C)(C)C)cc1.Cl. The molecule has 0 radical (unpaired) electrons. The Bertz CT molecular complexity index is 455. The minimum atomic E-state index is -0.485. The number of hydrogen-bond donors (Lipinski definition) is 2. The van der Waals surface area contributed by atoms with Gasteiger partial charge in [0.1, 0.15) is 5.75 Å². The first-order valence-corrected chi connectivity index (χ1v) is 7.43. The average Bonchev–Trinajstić information content (AvgIpc) is 2.43. The highest BCUT2D eigenvalue weighted by Crippen LogP contribution is 2.18. The standard InChI is InChI=1S/C17H28N2O2.ClH/c1-12(19-16(20)15(18)17(2,3)4)6-7-13-8-10-14(21-5)11-9-13;/h8-12,15H,6-7,18H2,1-5H3,(H,19,20);1H/t12?,15-;/m1./s1. The smallest absolute Gasteiger partial charge is 0.237 e. The Morgan fingerprint density at radius 2 is 1.82 bits per heavy atom. The van der Waals surface area contributed by atoms with Crippen LogP contribution in [0.2, 0.25) is 0 Å². The first kappa shape index (κ1) is 20.7. The lowest BCUT2D eigenvalue weighted by atomic mass is 9.87. The number of benzene rings is 1. The molecule has 0 heterocycles. The van der Waals surface area contributed by atoms with Crippen LogP contribution in [-0.4, -0.2) is 25.1 Å². The molecule has 1 aromatic rings. The summed E-state index contributed by atoms with van der Waals surface area (Å²) in [5, 5.41) is 2.99. The van der Waals surface area contributed by atoms with Crippen LogP contribution in [0.1, 0.15) is 39.7 Å². The molecule has 1 amide bonds. The average molecular weight is 329 g/mol. The molecule has 5 heteroatoms. The van der Waals surface area contributed by atoms with Crippen molar-refractivity contribution < 1.29 is 9.53 Å². The van der Waals surface area contributed by atoms with E-state index in [2.05, 4.69) is 5.32 Å². The van der Waals surface area contributed by atoms with Crippen molar-refractivity contribution in [2.45, 2.75) is 52.6 Å².